The predicted molar refractivity (Wildman–Crippen MR) is 128 cm³/mol. The second kappa shape index (κ2) is 10.3. The number of hydrogen-bond donors (Lipinski definition) is 2. The molecule has 1 amide bonds. The Morgan fingerprint density at radius 2 is 1.94 bits per heavy atom. The number of guanidine groups is 1. The fraction of sp³-hybridized carbons (Fsp3) is 0.520. The summed E-state index contributed by atoms with van der Waals surface area (Å²) in [4.78, 5) is 19.8. The molecule has 4 rings (SSSR count). The van der Waals surface area contributed by atoms with Crippen molar-refractivity contribution in [1.29, 1.82) is 0 Å². The van der Waals surface area contributed by atoms with Crippen LogP contribution in [-0.4, -0.2) is 36.9 Å². The fourth-order valence-electron chi connectivity index (χ4n) is 4.91. The monoisotopic (exact) mass is 438 g/mol. The third-order valence-electron chi connectivity index (χ3n) is 6.67. The Labute approximate surface area is 190 Å². The summed E-state index contributed by atoms with van der Waals surface area (Å²) in [6.07, 6.45) is 8.12. The minimum Gasteiger partial charge on any atom is -0.355 e. The molecule has 2 aliphatic rings. The number of hydrogen-bond acceptors (Lipinski definition) is 3. The molecule has 1 aromatic heterocycles. The number of nitrogens with one attached hydrogen (secondary N) is 2. The number of amides is 1. The van der Waals surface area contributed by atoms with E-state index in [0.717, 1.165) is 25.5 Å². The van der Waals surface area contributed by atoms with Crippen molar-refractivity contribution in [3.8, 4) is 0 Å². The average molecular weight is 439 g/mol. The van der Waals surface area contributed by atoms with E-state index in [9.17, 15) is 4.79 Å². The zero-order valence-electron chi connectivity index (χ0n) is 18.5. The molecule has 1 saturated heterocycles. The smallest absolute Gasteiger partial charge is 0.222 e. The van der Waals surface area contributed by atoms with Crippen LogP contribution in [-0.2, 0) is 23.3 Å². The Morgan fingerprint density at radius 1 is 1.10 bits per heavy atom. The minimum atomic E-state index is 0.228. The van der Waals surface area contributed by atoms with Crippen LogP contribution in [0, 0.1) is 0 Å². The van der Waals surface area contributed by atoms with Gasteiger partial charge in [0, 0.05) is 49.9 Å². The average Bonchev–Trinajstić information content (AvgIpc) is 3.48. The number of carbonyl (C=O) groups excluding carboxylic acids is 1. The van der Waals surface area contributed by atoms with Gasteiger partial charge >= 0.3 is 0 Å². The second-order valence-electron chi connectivity index (χ2n) is 8.84. The van der Waals surface area contributed by atoms with Crippen molar-refractivity contribution in [3.63, 3.8) is 0 Å². The molecule has 2 fully saturated rings. The molecular weight excluding hydrogens is 404 g/mol. The molecule has 0 spiro atoms. The van der Waals surface area contributed by atoms with Gasteiger partial charge in [-0.1, -0.05) is 49.6 Å². The SMILES string of the molecule is CN=C(NCc1cccc(CN2CCCC2=O)c1)NCC1(c2cccs2)CCCCC1. The van der Waals surface area contributed by atoms with E-state index in [4.69, 9.17) is 0 Å². The van der Waals surface area contributed by atoms with Crippen LogP contribution < -0.4 is 10.6 Å². The number of aliphatic imine (C=N–C) groups is 1. The number of benzene rings is 1. The molecule has 0 radical (unpaired) electrons. The van der Waals surface area contributed by atoms with E-state index in [2.05, 4.69) is 57.4 Å². The number of likely N-dealkylation sites (tertiary alicyclic amines) is 1. The molecule has 1 saturated carbocycles. The Balaban J connectivity index is 1.33. The first-order chi connectivity index (χ1) is 15.2. The zero-order valence-corrected chi connectivity index (χ0v) is 19.3. The molecule has 2 N–H and O–H groups in total. The van der Waals surface area contributed by atoms with E-state index in [-0.39, 0.29) is 11.3 Å². The molecule has 6 heteroatoms. The quantitative estimate of drug-likeness (QED) is 0.496. The van der Waals surface area contributed by atoms with Crippen molar-refractivity contribution >= 4 is 23.2 Å². The van der Waals surface area contributed by atoms with Gasteiger partial charge in [-0.15, -0.1) is 11.3 Å². The number of nitrogens with zero attached hydrogens (tertiary/aromatic N) is 2. The van der Waals surface area contributed by atoms with Gasteiger partial charge in [0.1, 0.15) is 0 Å². The van der Waals surface area contributed by atoms with Crippen LogP contribution in [0.1, 0.15) is 60.9 Å². The lowest BCUT2D eigenvalue weighted by molar-refractivity contribution is -0.128. The van der Waals surface area contributed by atoms with Gasteiger partial charge in [-0.05, 0) is 41.8 Å². The summed E-state index contributed by atoms with van der Waals surface area (Å²) in [5, 5.41) is 9.29. The van der Waals surface area contributed by atoms with Crippen molar-refractivity contribution in [1.82, 2.24) is 15.5 Å². The lowest BCUT2D eigenvalue weighted by atomic mass is 9.73. The van der Waals surface area contributed by atoms with Crippen LogP contribution in [0.3, 0.4) is 0 Å². The van der Waals surface area contributed by atoms with Gasteiger partial charge < -0.3 is 15.5 Å². The van der Waals surface area contributed by atoms with Crippen molar-refractivity contribution in [3.05, 3.63) is 57.8 Å². The van der Waals surface area contributed by atoms with E-state index in [1.807, 2.05) is 23.3 Å². The largest absolute Gasteiger partial charge is 0.355 e. The number of carbonyl (C=O) groups is 1. The third kappa shape index (κ3) is 5.48. The van der Waals surface area contributed by atoms with Gasteiger partial charge in [0.25, 0.3) is 0 Å². The molecule has 0 bridgehead atoms. The summed E-state index contributed by atoms with van der Waals surface area (Å²) in [7, 11) is 1.84. The van der Waals surface area contributed by atoms with E-state index in [1.165, 1.54) is 48.1 Å². The highest BCUT2D eigenvalue weighted by atomic mass is 32.1. The molecule has 31 heavy (non-hydrogen) atoms. The van der Waals surface area contributed by atoms with Crippen molar-refractivity contribution < 1.29 is 4.79 Å². The summed E-state index contributed by atoms with van der Waals surface area (Å²) >= 11 is 1.88. The van der Waals surface area contributed by atoms with Crippen LogP contribution in [0.15, 0.2) is 46.8 Å². The van der Waals surface area contributed by atoms with Crippen LogP contribution in [0.25, 0.3) is 0 Å². The van der Waals surface area contributed by atoms with Crippen molar-refractivity contribution in [2.45, 2.75) is 63.5 Å². The van der Waals surface area contributed by atoms with Gasteiger partial charge in [0.05, 0.1) is 0 Å². The summed E-state index contributed by atoms with van der Waals surface area (Å²) in [6, 6.07) is 13.0. The predicted octanol–water partition coefficient (Wildman–Crippen LogP) is 4.44. The molecule has 1 aromatic carbocycles. The van der Waals surface area contributed by atoms with Gasteiger partial charge in [0.15, 0.2) is 5.96 Å². The van der Waals surface area contributed by atoms with Crippen LogP contribution in [0.4, 0.5) is 0 Å². The highest BCUT2D eigenvalue weighted by molar-refractivity contribution is 7.10. The van der Waals surface area contributed by atoms with Gasteiger partial charge in [0.2, 0.25) is 5.91 Å². The molecule has 1 aliphatic heterocycles. The Kier molecular flexibility index (Phi) is 7.28. The standard InChI is InChI=1S/C25H34N4OS/c1-26-24(28-19-25(12-3-2-4-13-25)22-10-7-15-31-22)27-17-20-8-5-9-21(16-20)18-29-14-6-11-23(29)30/h5,7-10,15-16H,2-4,6,11-14,17-19H2,1H3,(H2,26,27,28). The molecule has 0 unspecified atom stereocenters. The van der Waals surface area contributed by atoms with Crippen molar-refractivity contribution in [2.24, 2.45) is 4.99 Å². The third-order valence-corrected chi connectivity index (χ3v) is 7.78. The van der Waals surface area contributed by atoms with Gasteiger partial charge in [-0.3, -0.25) is 9.79 Å². The first kappa shape index (κ1) is 21.9. The van der Waals surface area contributed by atoms with Crippen LogP contribution in [0.5, 0.6) is 0 Å². The Morgan fingerprint density at radius 3 is 2.65 bits per heavy atom. The highest BCUT2D eigenvalue weighted by Crippen LogP contribution is 2.41. The molecule has 5 nitrogen and oxygen atoms in total. The fourth-order valence-corrected chi connectivity index (χ4v) is 5.90. The maximum absolute atomic E-state index is 11.9. The molecular formula is C25H34N4OS. The van der Waals surface area contributed by atoms with Crippen LogP contribution in [0.2, 0.25) is 0 Å². The maximum atomic E-state index is 11.9. The van der Waals surface area contributed by atoms with E-state index >= 15 is 0 Å². The first-order valence-electron chi connectivity index (χ1n) is 11.5. The molecule has 0 atom stereocenters. The van der Waals surface area contributed by atoms with Crippen LogP contribution >= 0.6 is 11.3 Å². The van der Waals surface area contributed by atoms with Gasteiger partial charge in [-0.25, -0.2) is 0 Å². The second-order valence-corrected chi connectivity index (χ2v) is 9.78. The number of rotatable bonds is 7. The lowest BCUT2D eigenvalue weighted by Gasteiger charge is -2.37. The normalized spacial score (nSPS) is 18.9. The summed E-state index contributed by atoms with van der Waals surface area (Å²) in [5.74, 6) is 1.12. The Bertz CT molecular complexity index is 887. The van der Waals surface area contributed by atoms with E-state index in [0.29, 0.717) is 19.5 Å². The Hall–Kier alpha value is -2.34. The summed E-state index contributed by atoms with van der Waals surface area (Å²) in [6.45, 7) is 3.23. The molecule has 2 aromatic rings. The van der Waals surface area contributed by atoms with E-state index in [1.54, 1.807) is 0 Å². The zero-order chi connectivity index (χ0) is 21.5. The van der Waals surface area contributed by atoms with E-state index < -0.39 is 0 Å². The maximum Gasteiger partial charge on any atom is 0.222 e. The molecule has 1 aliphatic carbocycles. The number of thiophene rings is 1. The summed E-state index contributed by atoms with van der Waals surface area (Å²) in [5.41, 5.74) is 2.63. The molecule has 2 heterocycles. The topological polar surface area (TPSA) is 56.7 Å². The highest BCUT2D eigenvalue weighted by Gasteiger charge is 2.34. The first-order valence-corrected chi connectivity index (χ1v) is 12.4. The van der Waals surface area contributed by atoms with Crippen molar-refractivity contribution in [2.75, 3.05) is 20.1 Å². The van der Waals surface area contributed by atoms with Gasteiger partial charge in [-0.2, -0.15) is 0 Å². The lowest BCUT2D eigenvalue weighted by Crippen LogP contribution is -2.46. The molecule has 166 valence electrons. The summed E-state index contributed by atoms with van der Waals surface area (Å²) < 4.78 is 0. The minimum absolute atomic E-state index is 0.228.